The van der Waals surface area contributed by atoms with Gasteiger partial charge >= 0.3 is 0 Å². The van der Waals surface area contributed by atoms with Gasteiger partial charge in [-0.15, -0.1) is 0 Å². The monoisotopic (exact) mass is 440 g/mol. The molecule has 2 unspecified atom stereocenters. The molecule has 0 N–H and O–H groups in total. The summed E-state index contributed by atoms with van der Waals surface area (Å²) in [7, 11) is 0. The first-order valence-corrected chi connectivity index (χ1v) is 11.1. The Hall–Kier alpha value is -2.38. The highest BCUT2D eigenvalue weighted by Crippen LogP contribution is 2.55. The summed E-state index contributed by atoms with van der Waals surface area (Å²) in [6.45, 7) is 8.98. The van der Waals surface area contributed by atoms with Gasteiger partial charge in [-0.1, -0.05) is 98.9 Å². The molecule has 1 heteroatoms. The summed E-state index contributed by atoms with van der Waals surface area (Å²) in [6, 6.07) is 20.3. The van der Waals surface area contributed by atoms with Gasteiger partial charge in [0.2, 0.25) is 0 Å². The smallest absolute Gasteiger partial charge is 0.0250 e. The number of aryl methyl sites for hydroxylation is 2. The van der Waals surface area contributed by atoms with Crippen LogP contribution in [0, 0.1) is 13.8 Å². The highest BCUT2D eigenvalue weighted by atomic mass is 79.9. The van der Waals surface area contributed by atoms with Crippen molar-refractivity contribution >= 4 is 28.1 Å². The fourth-order valence-electron chi connectivity index (χ4n) is 5.41. The molecule has 0 nitrogen and oxygen atoms in total. The van der Waals surface area contributed by atoms with Crippen LogP contribution in [0.4, 0.5) is 0 Å². The molecule has 0 bridgehead atoms. The van der Waals surface area contributed by atoms with Crippen LogP contribution in [0.1, 0.15) is 59.1 Å². The average molecular weight is 441 g/mol. The Morgan fingerprint density at radius 2 is 1.41 bits per heavy atom. The Morgan fingerprint density at radius 1 is 0.724 bits per heavy atom. The van der Waals surface area contributed by atoms with Crippen molar-refractivity contribution in [2.75, 3.05) is 0 Å². The Morgan fingerprint density at radius 3 is 2.17 bits per heavy atom. The van der Waals surface area contributed by atoms with E-state index in [1.807, 2.05) is 0 Å². The molecule has 29 heavy (non-hydrogen) atoms. The first-order chi connectivity index (χ1) is 13.9. The summed E-state index contributed by atoms with van der Waals surface area (Å²) in [5.74, 6) is 0.779. The van der Waals surface area contributed by atoms with Crippen LogP contribution in [0.15, 0.2) is 70.2 Å². The van der Waals surface area contributed by atoms with E-state index in [0.29, 0.717) is 11.8 Å². The van der Waals surface area contributed by atoms with E-state index in [0.717, 1.165) is 0 Å². The molecule has 0 aromatic heterocycles. The summed E-state index contributed by atoms with van der Waals surface area (Å²) in [5, 5.41) is 0. The molecule has 3 aromatic rings. The molecule has 3 aromatic carbocycles. The van der Waals surface area contributed by atoms with E-state index < -0.39 is 0 Å². The summed E-state index contributed by atoms with van der Waals surface area (Å²) in [4.78, 5) is 0. The standard InChI is InChI=1S/C28H25Br/c1-16-11-17(2)13-21(12-16)22-8-5-7-20-14-18(3)27(28(20)22)26-19(4)15-24-23(26)9-6-10-25(24)29/h5-15,26-27H,1-4H3. The molecule has 0 saturated heterocycles. The van der Waals surface area contributed by atoms with Crippen LogP contribution < -0.4 is 0 Å². The maximum atomic E-state index is 3.77. The van der Waals surface area contributed by atoms with Gasteiger partial charge in [0, 0.05) is 16.3 Å². The second-order valence-electron chi connectivity index (χ2n) is 8.66. The third-order valence-corrected chi connectivity index (χ3v) is 7.17. The number of hydrogen-bond donors (Lipinski definition) is 0. The van der Waals surface area contributed by atoms with Crippen LogP contribution in [0.3, 0.4) is 0 Å². The molecule has 0 amide bonds. The number of hydrogen-bond acceptors (Lipinski definition) is 0. The average Bonchev–Trinajstić information content (AvgIpc) is 3.17. The van der Waals surface area contributed by atoms with Crippen molar-refractivity contribution in [2.45, 2.75) is 39.5 Å². The molecule has 2 atom stereocenters. The summed E-state index contributed by atoms with van der Waals surface area (Å²) >= 11 is 3.77. The Kier molecular flexibility index (Phi) is 4.40. The zero-order valence-electron chi connectivity index (χ0n) is 17.4. The normalized spacial score (nSPS) is 19.6. The lowest BCUT2D eigenvalue weighted by Gasteiger charge is -2.27. The fourth-order valence-corrected chi connectivity index (χ4v) is 5.91. The van der Waals surface area contributed by atoms with Gasteiger partial charge in [-0.25, -0.2) is 0 Å². The molecule has 5 rings (SSSR count). The van der Waals surface area contributed by atoms with E-state index in [1.54, 1.807) is 0 Å². The lowest BCUT2D eigenvalue weighted by Crippen LogP contribution is -2.11. The van der Waals surface area contributed by atoms with Gasteiger partial charge in [0.05, 0.1) is 0 Å². The van der Waals surface area contributed by atoms with E-state index in [-0.39, 0.29) is 0 Å². The first-order valence-electron chi connectivity index (χ1n) is 10.3. The van der Waals surface area contributed by atoms with Gasteiger partial charge in [0.1, 0.15) is 0 Å². The van der Waals surface area contributed by atoms with Gasteiger partial charge in [-0.05, 0) is 67.1 Å². The second kappa shape index (κ2) is 6.85. The quantitative estimate of drug-likeness (QED) is 0.374. The Bertz CT molecular complexity index is 1190. The first kappa shape index (κ1) is 18.6. The van der Waals surface area contributed by atoms with Crippen LogP contribution in [-0.4, -0.2) is 0 Å². The zero-order valence-corrected chi connectivity index (χ0v) is 19.0. The molecule has 2 aliphatic rings. The van der Waals surface area contributed by atoms with Crippen LogP contribution >= 0.6 is 15.9 Å². The summed E-state index contributed by atoms with van der Waals surface area (Å²) in [6.07, 6.45) is 4.77. The minimum absolute atomic E-state index is 0.383. The fraction of sp³-hybridized carbons (Fsp3) is 0.214. The Balaban J connectivity index is 1.72. The predicted molar refractivity (Wildman–Crippen MR) is 128 cm³/mol. The number of rotatable bonds is 2. The van der Waals surface area contributed by atoms with Crippen molar-refractivity contribution in [3.8, 4) is 11.1 Å². The van der Waals surface area contributed by atoms with E-state index in [1.165, 1.54) is 60.1 Å². The van der Waals surface area contributed by atoms with Crippen LogP contribution in [0.25, 0.3) is 23.3 Å². The molecule has 0 saturated carbocycles. The van der Waals surface area contributed by atoms with E-state index >= 15 is 0 Å². The molecule has 0 fully saturated rings. The molecule has 0 heterocycles. The minimum atomic E-state index is 0.383. The number of benzene rings is 3. The third-order valence-electron chi connectivity index (χ3n) is 6.47. The van der Waals surface area contributed by atoms with Crippen molar-refractivity contribution in [2.24, 2.45) is 0 Å². The number of halogens is 1. The number of fused-ring (bicyclic) bond motifs is 2. The van der Waals surface area contributed by atoms with Gasteiger partial charge in [0.15, 0.2) is 0 Å². The lowest BCUT2D eigenvalue weighted by molar-refractivity contribution is 0.693. The predicted octanol–water partition coefficient (Wildman–Crippen LogP) is 8.43. The van der Waals surface area contributed by atoms with E-state index in [2.05, 4.69) is 110 Å². The molecule has 0 spiro atoms. The summed E-state index contributed by atoms with van der Waals surface area (Å²) < 4.78 is 1.19. The van der Waals surface area contributed by atoms with Crippen molar-refractivity contribution < 1.29 is 0 Å². The van der Waals surface area contributed by atoms with E-state index in [9.17, 15) is 0 Å². The minimum Gasteiger partial charge on any atom is -0.0642 e. The largest absolute Gasteiger partial charge is 0.0642 e. The second-order valence-corrected chi connectivity index (χ2v) is 9.51. The molecule has 2 aliphatic carbocycles. The molecule has 0 radical (unpaired) electrons. The van der Waals surface area contributed by atoms with Crippen LogP contribution in [-0.2, 0) is 0 Å². The van der Waals surface area contributed by atoms with Crippen molar-refractivity contribution in [3.05, 3.63) is 104 Å². The SMILES string of the molecule is CC1=Cc2c(Br)cccc2C1C1C(C)=Cc2cccc(-c3cc(C)cc(C)c3)c21. The van der Waals surface area contributed by atoms with Crippen molar-refractivity contribution in [1.29, 1.82) is 0 Å². The maximum Gasteiger partial charge on any atom is 0.0250 e. The van der Waals surface area contributed by atoms with Crippen LogP contribution in [0.5, 0.6) is 0 Å². The Labute approximate surface area is 182 Å². The van der Waals surface area contributed by atoms with Crippen LogP contribution in [0.2, 0.25) is 0 Å². The van der Waals surface area contributed by atoms with Crippen molar-refractivity contribution in [1.82, 2.24) is 0 Å². The van der Waals surface area contributed by atoms with Gasteiger partial charge < -0.3 is 0 Å². The van der Waals surface area contributed by atoms with Crippen molar-refractivity contribution in [3.63, 3.8) is 0 Å². The van der Waals surface area contributed by atoms with Gasteiger partial charge in [-0.3, -0.25) is 0 Å². The van der Waals surface area contributed by atoms with Gasteiger partial charge in [0.25, 0.3) is 0 Å². The van der Waals surface area contributed by atoms with E-state index in [4.69, 9.17) is 0 Å². The van der Waals surface area contributed by atoms with Gasteiger partial charge in [-0.2, -0.15) is 0 Å². The topological polar surface area (TPSA) is 0 Å². The molecule has 0 aliphatic heterocycles. The highest BCUT2D eigenvalue weighted by Gasteiger charge is 2.37. The lowest BCUT2D eigenvalue weighted by atomic mass is 9.76. The number of allylic oxidation sites excluding steroid dienone is 2. The highest BCUT2D eigenvalue weighted by molar-refractivity contribution is 9.10. The summed E-state index contributed by atoms with van der Waals surface area (Å²) in [5.41, 5.74) is 13.9. The molecule has 144 valence electrons. The molecular weight excluding hydrogens is 416 g/mol. The zero-order chi connectivity index (χ0) is 20.3. The maximum absolute atomic E-state index is 3.77. The third kappa shape index (κ3) is 2.95. The molecular formula is C28H25Br.